The first-order chi connectivity index (χ1) is 30.7. The molecule has 0 saturated carbocycles. The highest BCUT2D eigenvalue weighted by molar-refractivity contribution is 7.26. The molecule has 1 unspecified atom stereocenters. The minimum Gasteiger partial charge on any atom is -0.236 e. The Balaban J connectivity index is 1.11. The first-order valence-electron chi connectivity index (χ1n) is 21.0. The molecule has 5 heteroatoms. The lowest BCUT2D eigenvalue weighted by Gasteiger charge is -2.35. The first kappa shape index (κ1) is 34.9. The predicted octanol–water partition coefficient (Wildman–Crippen LogP) is 14.3. The highest BCUT2D eigenvalue weighted by atomic mass is 32.1. The van der Waals surface area contributed by atoms with Crippen LogP contribution in [0, 0.1) is 0 Å². The Morgan fingerprint density at radius 1 is 0.355 bits per heavy atom. The molecule has 0 aliphatic heterocycles. The second-order valence-electron chi connectivity index (χ2n) is 16.1. The van der Waals surface area contributed by atoms with Crippen LogP contribution in [0.1, 0.15) is 22.3 Å². The SMILES string of the molecule is c1ccc(-c2cc(-c3ccc4c(c3)C3(c5ccccc5-c5ccccc5-4)c4ccccc4-c4c3ccc3sc5ccccc5c43)nc(-c3cnc(-c4ccccc4)nc3)n2)cc1. The van der Waals surface area contributed by atoms with Crippen LogP contribution < -0.4 is 0 Å². The molecule has 2 aliphatic rings. The van der Waals surface area contributed by atoms with Gasteiger partial charge in [-0.15, -0.1) is 11.3 Å². The van der Waals surface area contributed by atoms with E-state index in [1.807, 2.05) is 60.1 Å². The normalized spacial score (nSPS) is 14.5. The van der Waals surface area contributed by atoms with Crippen LogP contribution >= 0.6 is 11.3 Å². The number of hydrogen-bond donors (Lipinski definition) is 0. The minimum absolute atomic E-state index is 0.574. The van der Waals surface area contributed by atoms with Gasteiger partial charge in [0.1, 0.15) is 0 Å². The summed E-state index contributed by atoms with van der Waals surface area (Å²) in [6.07, 6.45) is 3.68. The Bertz CT molecular complexity index is 3580. The molecular weight excluding hydrogens is 773 g/mol. The van der Waals surface area contributed by atoms with Crippen LogP contribution in [0.3, 0.4) is 0 Å². The van der Waals surface area contributed by atoms with Crippen LogP contribution in [-0.4, -0.2) is 19.9 Å². The van der Waals surface area contributed by atoms with Crippen molar-refractivity contribution >= 4 is 31.5 Å². The third kappa shape index (κ3) is 5.06. The molecule has 288 valence electrons. The topological polar surface area (TPSA) is 51.6 Å². The van der Waals surface area contributed by atoms with E-state index in [2.05, 4.69) is 158 Å². The molecule has 0 saturated heterocycles. The standard InChI is InChI=1S/C57H34N4S/c1-3-15-35(16-4-1)49-32-50(61-56(60-49)38-33-58-55(59-34-38)36-17-5-2-6-18-36)37-27-28-42-40-20-8-7-19-39(40)41-21-9-12-24-45(41)57(48(42)31-37)46-25-13-10-22-43(46)53-47(57)29-30-52-54(53)44-23-11-14-26-51(44)62-52/h1-34H. The third-order valence-electron chi connectivity index (χ3n) is 12.8. The van der Waals surface area contributed by atoms with Crippen molar-refractivity contribution in [3.05, 3.63) is 229 Å². The molecule has 2 aliphatic carbocycles. The fourth-order valence-corrected chi connectivity index (χ4v) is 11.3. The Hall–Kier alpha value is -7.86. The van der Waals surface area contributed by atoms with Gasteiger partial charge in [-0.2, -0.15) is 0 Å². The third-order valence-corrected chi connectivity index (χ3v) is 14.0. The second-order valence-corrected chi connectivity index (χ2v) is 17.2. The van der Waals surface area contributed by atoms with E-state index < -0.39 is 5.41 Å². The fourth-order valence-electron chi connectivity index (χ4n) is 10.2. The Morgan fingerprint density at radius 2 is 0.935 bits per heavy atom. The maximum atomic E-state index is 5.34. The van der Waals surface area contributed by atoms with Gasteiger partial charge in [0.25, 0.3) is 0 Å². The molecule has 8 aromatic carbocycles. The first-order valence-corrected chi connectivity index (χ1v) is 21.8. The fraction of sp³-hybridized carbons (Fsp3) is 0.0175. The van der Waals surface area contributed by atoms with E-state index in [1.165, 1.54) is 75.8 Å². The molecular formula is C57H34N4S. The molecule has 0 amide bonds. The van der Waals surface area contributed by atoms with Crippen LogP contribution in [0.4, 0.5) is 0 Å². The maximum Gasteiger partial charge on any atom is 0.163 e. The zero-order chi connectivity index (χ0) is 40.8. The predicted molar refractivity (Wildman–Crippen MR) is 254 cm³/mol. The Labute approximate surface area is 362 Å². The van der Waals surface area contributed by atoms with Crippen molar-refractivity contribution < 1.29 is 0 Å². The number of aromatic nitrogens is 4. The van der Waals surface area contributed by atoms with Crippen LogP contribution in [0.2, 0.25) is 0 Å². The monoisotopic (exact) mass is 806 g/mol. The smallest absolute Gasteiger partial charge is 0.163 e. The number of fused-ring (bicyclic) bond motifs is 16. The molecule has 0 N–H and O–H groups in total. The largest absolute Gasteiger partial charge is 0.236 e. The molecule has 0 fully saturated rings. The Kier molecular flexibility index (Phi) is 7.66. The molecule has 1 spiro atoms. The average Bonchev–Trinajstić information content (AvgIpc) is 3.85. The summed E-state index contributed by atoms with van der Waals surface area (Å²) >= 11 is 1.88. The van der Waals surface area contributed by atoms with E-state index in [1.54, 1.807) is 0 Å². The van der Waals surface area contributed by atoms with Crippen LogP contribution in [0.25, 0.3) is 98.8 Å². The molecule has 0 radical (unpaired) electrons. The van der Waals surface area contributed by atoms with Gasteiger partial charge in [-0.05, 0) is 79.9 Å². The van der Waals surface area contributed by atoms with Gasteiger partial charge >= 0.3 is 0 Å². The van der Waals surface area contributed by atoms with E-state index >= 15 is 0 Å². The number of rotatable bonds is 4. The van der Waals surface area contributed by atoms with Gasteiger partial charge in [0.2, 0.25) is 0 Å². The highest BCUT2D eigenvalue weighted by Crippen LogP contribution is 2.63. The van der Waals surface area contributed by atoms with Gasteiger partial charge in [0, 0.05) is 49.3 Å². The second kappa shape index (κ2) is 13.6. The number of hydrogen-bond acceptors (Lipinski definition) is 5. The van der Waals surface area contributed by atoms with E-state index in [4.69, 9.17) is 19.9 Å². The summed E-state index contributed by atoms with van der Waals surface area (Å²) in [5.74, 6) is 1.24. The zero-order valence-corrected chi connectivity index (χ0v) is 34.1. The van der Waals surface area contributed by atoms with Gasteiger partial charge in [0.15, 0.2) is 11.6 Å². The van der Waals surface area contributed by atoms with Crippen molar-refractivity contribution in [3.8, 4) is 78.7 Å². The molecule has 13 rings (SSSR count). The summed E-state index contributed by atoms with van der Waals surface area (Å²) in [5, 5.41) is 2.64. The summed E-state index contributed by atoms with van der Waals surface area (Å²) in [5.41, 5.74) is 17.4. The van der Waals surface area contributed by atoms with Crippen LogP contribution in [0.5, 0.6) is 0 Å². The van der Waals surface area contributed by atoms with Gasteiger partial charge < -0.3 is 0 Å². The van der Waals surface area contributed by atoms with Gasteiger partial charge in [-0.1, -0.05) is 170 Å². The van der Waals surface area contributed by atoms with Crippen molar-refractivity contribution in [3.63, 3.8) is 0 Å². The average molecular weight is 807 g/mol. The van der Waals surface area contributed by atoms with Gasteiger partial charge in [-0.25, -0.2) is 19.9 Å². The summed E-state index contributed by atoms with van der Waals surface area (Å²) in [7, 11) is 0. The quantitative estimate of drug-likeness (QED) is 0.178. The van der Waals surface area contributed by atoms with Crippen molar-refractivity contribution in [2.75, 3.05) is 0 Å². The summed E-state index contributed by atoms with van der Waals surface area (Å²) in [4.78, 5) is 20.1. The molecule has 1 atom stereocenters. The molecule has 11 aromatic rings. The highest BCUT2D eigenvalue weighted by Gasteiger charge is 2.50. The maximum absolute atomic E-state index is 5.34. The van der Waals surface area contributed by atoms with Crippen molar-refractivity contribution in [2.24, 2.45) is 0 Å². The molecule has 0 bridgehead atoms. The zero-order valence-electron chi connectivity index (χ0n) is 33.3. The number of thiophene rings is 1. The summed E-state index contributed by atoms with van der Waals surface area (Å²) in [6.45, 7) is 0. The summed E-state index contributed by atoms with van der Waals surface area (Å²) in [6, 6.07) is 70.3. The van der Waals surface area contributed by atoms with E-state index in [9.17, 15) is 0 Å². The van der Waals surface area contributed by atoms with E-state index in [0.29, 0.717) is 11.6 Å². The summed E-state index contributed by atoms with van der Waals surface area (Å²) < 4.78 is 2.61. The van der Waals surface area contributed by atoms with Crippen LogP contribution in [-0.2, 0) is 5.41 Å². The lowest BCUT2D eigenvalue weighted by atomic mass is 9.65. The lowest BCUT2D eigenvalue weighted by Crippen LogP contribution is -2.29. The van der Waals surface area contributed by atoms with Gasteiger partial charge in [-0.3, -0.25) is 0 Å². The van der Waals surface area contributed by atoms with Crippen molar-refractivity contribution in [1.82, 2.24) is 19.9 Å². The molecule has 62 heavy (non-hydrogen) atoms. The van der Waals surface area contributed by atoms with Gasteiger partial charge in [0.05, 0.1) is 22.4 Å². The molecule has 3 aromatic heterocycles. The minimum atomic E-state index is -0.649. The van der Waals surface area contributed by atoms with E-state index in [0.717, 1.165) is 33.6 Å². The van der Waals surface area contributed by atoms with Crippen molar-refractivity contribution in [2.45, 2.75) is 5.41 Å². The Morgan fingerprint density at radius 3 is 1.68 bits per heavy atom. The molecule has 4 nitrogen and oxygen atoms in total. The van der Waals surface area contributed by atoms with Crippen molar-refractivity contribution in [1.29, 1.82) is 0 Å². The number of benzene rings is 8. The number of nitrogens with zero attached hydrogens (tertiary/aromatic N) is 4. The molecule has 3 heterocycles. The van der Waals surface area contributed by atoms with E-state index in [-0.39, 0.29) is 0 Å². The van der Waals surface area contributed by atoms with Crippen LogP contribution in [0.15, 0.2) is 207 Å². The lowest BCUT2D eigenvalue weighted by molar-refractivity contribution is 0.776.